The Kier molecular flexibility index (Phi) is 6.85. The van der Waals surface area contributed by atoms with Crippen molar-refractivity contribution in [2.24, 2.45) is 0 Å². The average molecular weight is 363 g/mol. The fourth-order valence-electron chi connectivity index (χ4n) is 1.51. The predicted octanol–water partition coefficient (Wildman–Crippen LogP) is 3.56. The Morgan fingerprint density at radius 2 is 2.06 bits per heavy atom. The number of methoxy groups -OCH3 is 1. The number of anilines is 1. The molecule has 102 valence electrons. The van der Waals surface area contributed by atoms with Crippen LogP contribution < -0.4 is 5.32 Å². The van der Waals surface area contributed by atoms with Gasteiger partial charge in [-0.2, -0.15) is 0 Å². The van der Waals surface area contributed by atoms with Gasteiger partial charge in [0, 0.05) is 19.6 Å². The molecule has 0 aliphatic rings. The average Bonchev–Trinajstić information content (AvgIpc) is 2.39. The van der Waals surface area contributed by atoms with Crippen LogP contribution in [0.2, 0.25) is 0 Å². The highest BCUT2D eigenvalue weighted by molar-refractivity contribution is 14.1. The van der Waals surface area contributed by atoms with Crippen LogP contribution in [0.15, 0.2) is 0 Å². The van der Waals surface area contributed by atoms with Gasteiger partial charge < -0.3 is 10.1 Å². The topological polar surface area (TPSA) is 47.0 Å². The third-order valence-electron chi connectivity index (χ3n) is 2.81. The summed E-state index contributed by atoms with van der Waals surface area (Å²) in [6, 6.07) is 0. The maximum atomic E-state index is 5.21. The van der Waals surface area contributed by atoms with Gasteiger partial charge in [-0.15, -0.1) is 0 Å². The first-order valence-corrected chi connectivity index (χ1v) is 7.50. The summed E-state index contributed by atoms with van der Waals surface area (Å²) in [6.07, 6.45) is 2.12. The third kappa shape index (κ3) is 4.05. The van der Waals surface area contributed by atoms with Crippen molar-refractivity contribution < 1.29 is 4.74 Å². The van der Waals surface area contributed by atoms with Crippen LogP contribution in [0.5, 0.6) is 0 Å². The zero-order valence-corrected chi connectivity index (χ0v) is 13.7. The number of hydrogen-bond donors (Lipinski definition) is 1. The molecule has 0 aromatic carbocycles. The lowest BCUT2D eigenvalue weighted by atomic mass is 10.1. The summed E-state index contributed by atoms with van der Waals surface area (Å²) in [4.78, 5) is 9.26. The molecule has 1 aromatic heterocycles. The monoisotopic (exact) mass is 363 g/mol. The second kappa shape index (κ2) is 7.89. The molecular weight excluding hydrogens is 341 g/mol. The molecule has 0 spiro atoms. The van der Waals surface area contributed by atoms with Gasteiger partial charge in [0.2, 0.25) is 0 Å². The zero-order chi connectivity index (χ0) is 13.5. The first kappa shape index (κ1) is 15.6. The van der Waals surface area contributed by atoms with E-state index in [1.54, 1.807) is 7.11 Å². The van der Waals surface area contributed by atoms with Gasteiger partial charge >= 0.3 is 0 Å². The van der Waals surface area contributed by atoms with E-state index < -0.39 is 0 Å². The standard InChI is InChI=1S/C13H22IN3O/c1-5-7-15-13-11(14)10(8-18-4)16-12(17-13)9(3)6-2/h9H,5-8H2,1-4H3,(H,15,16,17). The Hall–Kier alpha value is -0.430. The highest BCUT2D eigenvalue weighted by Crippen LogP contribution is 2.24. The lowest BCUT2D eigenvalue weighted by molar-refractivity contribution is 0.180. The van der Waals surface area contributed by atoms with E-state index in [2.05, 4.69) is 58.6 Å². The molecule has 5 heteroatoms. The number of ether oxygens (including phenoxy) is 1. The molecule has 0 bridgehead atoms. The van der Waals surface area contributed by atoms with Gasteiger partial charge in [0.25, 0.3) is 0 Å². The van der Waals surface area contributed by atoms with Crippen LogP contribution in [-0.4, -0.2) is 23.6 Å². The number of aromatic nitrogens is 2. The maximum absolute atomic E-state index is 5.21. The Morgan fingerprint density at radius 1 is 1.33 bits per heavy atom. The summed E-state index contributed by atoms with van der Waals surface area (Å²) in [7, 11) is 1.69. The maximum Gasteiger partial charge on any atom is 0.143 e. The summed E-state index contributed by atoms with van der Waals surface area (Å²) in [6.45, 7) is 7.92. The van der Waals surface area contributed by atoms with Gasteiger partial charge in [0.15, 0.2) is 0 Å². The van der Waals surface area contributed by atoms with E-state index in [-0.39, 0.29) is 0 Å². The molecule has 1 rings (SSSR count). The van der Waals surface area contributed by atoms with Gasteiger partial charge in [-0.1, -0.05) is 20.8 Å². The molecule has 0 saturated heterocycles. The first-order chi connectivity index (χ1) is 8.63. The van der Waals surface area contributed by atoms with Crippen molar-refractivity contribution in [2.75, 3.05) is 19.0 Å². The molecule has 1 unspecified atom stereocenters. The van der Waals surface area contributed by atoms with Gasteiger partial charge in [-0.05, 0) is 35.4 Å². The van der Waals surface area contributed by atoms with Crippen molar-refractivity contribution in [3.05, 3.63) is 15.1 Å². The zero-order valence-electron chi connectivity index (χ0n) is 11.6. The van der Waals surface area contributed by atoms with Gasteiger partial charge in [0.1, 0.15) is 11.6 Å². The molecule has 0 aliphatic heterocycles. The van der Waals surface area contributed by atoms with Gasteiger partial charge in [-0.3, -0.25) is 0 Å². The molecule has 1 N–H and O–H groups in total. The molecular formula is C13H22IN3O. The number of hydrogen-bond acceptors (Lipinski definition) is 4. The summed E-state index contributed by atoms with van der Waals surface area (Å²) in [5.74, 6) is 2.22. The summed E-state index contributed by atoms with van der Waals surface area (Å²) in [5, 5.41) is 3.37. The van der Waals surface area contributed by atoms with Crippen LogP contribution in [0.3, 0.4) is 0 Å². The van der Waals surface area contributed by atoms with E-state index in [0.29, 0.717) is 12.5 Å². The molecule has 0 aliphatic carbocycles. The molecule has 1 heterocycles. The number of rotatable bonds is 7. The lowest BCUT2D eigenvalue weighted by Crippen LogP contribution is -2.12. The number of nitrogens with one attached hydrogen (secondary N) is 1. The van der Waals surface area contributed by atoms with Crippen LogP contribution in [0.1, 0.15) is 51.0 Å². The van der Waals surface area contributed by atoms with Crippen LogP contribution >= 0.6 is 22.6 Å². The molecule has 4 nitrogen and oxygen atoms in total. The fourth-order valence-corrected chi connectivity index (χ4v) is 2.10. The van der Waals surface area contributed by atoms with Crippen molar-refractivity contribution in [2.45, 2.75) is 46.1 Å². The van der Waals surface area contributed by atoms with Crippen LogP contribution in [-0.2, 0) is 11.3 Å². The Bertz CT molecular complexity index is 385. The van der Waals surface area contributed by atoms with Crippen molar-refractivity contribution in [3.8, 4) is 0 Å². The van der Waals surface area contributed by atoms with Gasteiger partial charge in [-0.25, -0.2) is 9.97 Å². The SMILES string of the molecule is CCCNc1nc(C(C)CC)nc(COC)c1I. The van der Waals surface area contributed by atoms with Crippen molar-refractivity contribution >= 4 is 28.4 Å². The van der Waals surface area contributed by atoms with Crippen molar-refractivity contribution in [1.82, 2.24) is 9.97 Å². The minimum atomic E-state index is 0.375. The largest absolute Gasteiger partial charge is 0.378 e. The Morgan fingerprint density at radius 3 is 2.61 bits per heavy atom. The fraction of sp³-hybridized carbons (Fsp3) is 0.692. The summed E-state index contributed by atoms with van der Waals surface area (Å²) >= 11 is 2.29. The van der Waals surface area contributed by atoms with Gasteiger partial charge in [0.05, 0.1) is 15.9 Å². The van der Waals surface area contributed by atoms with Crippen LogP contribution in [0, 0.1) is 3.57 Å². The second-order valence-electron chi connectivity index (χ2n) is 4.36. The quantitative estimate of drug-likeness (QED) is 0.753. The normalized spacial score (nSPS) is 12.5. The van der Waals surface area contributed by atoms with Crippen LogP contribution in [0.4, 0.5) is 5.82 Å². The molecule has 0 fully saturated rings. The highest BCUT2D eigenvalue weighted by atomic mass is 127. The number of nitrogens with zero attached hydrogens (tertiary/aromatic N) is 2. The summed E-state index contributed by atoms with van der Waals surface area (Å²) in [5.41, 5.74) is 0.974. The highest BCUT2D eigenvalue weighted by Gasteiger charge is 2.15. The predicted molar refractivity (Wildman–Crippen MR) is 82.9 cm³/mol. The Balaban J connectivity index is 3.09. The lowest BCUT2D eigenvalue weighted by Gasteiger charge is -2.15. The Labute approximate surface area is 123 Å². The molecule has 0 radical (unpaired) electrons. The number of halogens is 1. The molecule has 1 aromatic rings. The minimum absolute atomic E-state index is 0.375. The van der Waals surface area contributed by atoms with Crippen molar-refractivity contribution in [1.29, 1.82) is 0 Å². The minimum Gasteiger partial charge on any atom is -0.378 e. The van der Waals surface area contributed by atoms with E-state index in [1.165, 1.54) is 0 Å². The molecule has 1 atom stereocenters. The summed E-state index contributed by atoms with van der Waals surface area (Å²) < 4.78 is 6.28. The molecule has 0 amide bonds. The molecule has 18 heavy (non-hydrogen) atoms. The second-order valence-corrected chi connectivity index (χ2v) is 5.44. The van der Waals surface area contributed by atoms with E-state index >= 15 is 0 Å². The van der Waals surface area contributed by atoms with Crippen LogP contribution in [0.25, 0.3) is 0 Å². The van der Waals surface area contributed by atoms with E-state index in [1.807, 2.05) is 0 Å². The third-order valence-corrected chi connectivity index (χ3v) is 3.95. The van der Waals surface area contributed by atoms with Crippen molar-refractivity contribution in [3.63, 3.8) is 0 Å². The van der Waals surface area contributed by atoms with E-state index in [9.17, 15) is 0 Å². The first-order valence-electron chi connectivity index (χ1n) is 6.43. The van der Waals surface area contributed by atoms with E-state index in [0.717, 1.165) is 40.3 Å². The smallest absolute Gasteiger partial charge is 0.143 e. The van der Waals surface area contributed by atoms with E-state index in [4.69, 9.17) is 4.74 Å². The molecule has 0 saturated carbocycles.